The quantitative estimate of drug-likeness (QED) is 0.785. The Bertz CT molecular complexity index is 356. The first kappa shape index (κ1) is 15.1. The Hall–Kier alpha value is -1.34. The highest BCUT2D eigenvalue weighted by atomic mass is 16.5. The molecule has 0 spiro atoms. The highest BCUT2D eigenvalue weighted by Gasteiger charge is 2.35. The summed E-state index contributed by atoms with van der Waals surface area (Å²) in [6, 6.07) is -1.03. The molecular weight excluding hydrogens is 262 g/mol. The van der Waals surface area contributed by atoms with Gasteiger partial charge in [0, 0.05) is 32.7 Å². The van der Waals surface area contributed by atoms with Gasteiger partial charge in [-0.1, -0.05) is 6.92 Å². The molecule has 114 valence electrons. The molecule has 0 aromatic heterocycles. The Kier molecular flexibility index (Phi) is 5.19. The molecule has 20 heavy (non-hydrogen) atoms. The molecule has 2 saturated heterocycles. The van der Waals surface area contributed by atoms with Crippen molar-refractivity contribution in [1.29, 1.82) is 0 Å². The number of piperazine rings is 1. The molecule has 1 N–H and O–H groups in total. The Morgan fingerprint density at radius 2 is 1.90 bits per heavy atom. The van der Waals surface area contributed by atoms with Crippen LogP contribution >= 0.6 is 0 Å². The van der Waals surface area contributed by atoms with Crippen molar-refractivity contribution >= 4 is 12.0 Å². The number of urea groups is 1. The number of carbonyl (C=O) groups excluding carboxylic acids is 1. The van der Waals surface area contributed by atoms with Crippen molar-refractivity contribution in [3.8, 4) is 0 Å². The molecule has 7 heteroatoms. The number of rotatable bonds is 3. The second-order valence-corrected chi connectivity index (χ2v) is 5.23. The summed E-state index contributed by atoms with van der Waals surface area (Å²) in [6.07, 6.45) is 1.11. The maximum Gasteiger partial charge on any atom is 0.328 e. The zero-order valence-electron chi connectivity index (χ0n) is 12.0. The summed E-state index contributed by atoms with van der Waals surface area (Å²) in [7, 11) is 0. The molecule has 0 aromatic rings. The lowest BCUT2D eigenvalue weighted by Gasteiger charge is -2.40. The Balaban J connectivity index is 1.92. The number of carboxylic acid groups (broad SMARTS) is 1. The van der Waals surface area contributed by atoms with E-state index in [0.29, 0.717) is 26.2 Å². The number of carbonyl (C=O) groups is 2. The van der Waals surface area contributed by atoms with Crippen molar-refractivity contribution in [2.24, 2.45) is 0 Å². The Morgan fingerprint density at radius 3 is 2.50 bits per heavy atom. The number of morpholine rings is 1. The molecule has 2 rings (SSSR count). The van der Waals surface area contributed by atoms with Crippen LogP contribution in [-0.4, -0.2) is 90.3 Å². The zero-order valence-corrected chi connectivity index (χ0v) is 12.0. The number of amides is 2. The minimum Gasteiger partial charge on any atom is -0.480 e. The molecule has 1 unspecified atom stereocenters. The van der Waals surface area contributed by atoms with Gasteiger partial charge in [-0.25, -0.2) is 9.59 Å². The van der Waals surface area contributed by atoms with E-state index in [4.69, 9.17) is 9.84 Å². The summed E-state index contributed by atoms with van der Waals surface area (Å²) in [5.41, 5.74) is 0. The van der Waals surface area contributed by atoms with Gasteiger partial charge in [0.15, 0.2) is 6.04 Å². The van der Waals surface area contributed by atoms with Gasteiger partial charge in [0.05, 0.1) is 13.2 Å². The van der Waals surface area contributed by atoms with E-state index in [1.54, 1.807) is 4.90 Å². The largest absolute Gasteiger partial charge is 0.480 e. The summed E-state index contributed by atoms with van der Waals surface area (Å²) in [6.45, 7) is 7.10. The lowest BCUT2D eigenvalue weighted by Crippen LogP contribution is -2.59. The molecule has 2 amide bonds. The predicted octanol–water partition coefficient (Wildman–Crippen LogP) is -0.0806. The molecule has 2 fully saturated rings. The van der Waals surface area contributed by atoms with Gasteiger partial charge in [-0.2, -0.15) is 0 Å². The molecule has 7 nitrogen and oxygen atoms in total. The average Bonchev–Trinajstić information content (AvgIpc) is 2.47. The lowest BCUT2D eigenvalue weighted by molar-refractivity contribution is -0.147. The molecule has 2 aliphatic heterocycles. The van der Waals surface area contributed by atoms with Gasteiger partial charge in [-0.3, -0.25) is 4.90 Å². The van der Waals surface area contributed by atoms with Crippen molar-refractivity contribution in [2.75, 3.05) is 52.5 Å². The van der Waals surface area contributed by atoms with E-state index in [1.165, 1.54) is 4.90 Å². The van der Waals surface area contributed by atoms with Crippen LogP contribution in [0.25, 0.3) is 0 Å². The molecule has 1 atom stereocenters. The van der Waals surface area contributed by atoms with Crippen LogP contribution in [0.3, 0.4) is 0 Å². The van der Waals surface area contributed by atoms with Gasteiger partial charge in [-0.05, 0) is 13.0 Å². The van der Waals surface area contributed by atoms with E-state index >= 15 is 0 Å². The number of hydrogen-bond acceptors (Lipinski definition) is 4. The second-order valence-electron chi connectivity index (χ2n) is 5.23. The third-order valence-corrected chi connectivity index (χ3v) is 3.84. The molecule has 0 aromatic carbocycles. The van der Waals surface area contributed by atoms with Crippen molar-refractivity contribution in [3.05, 3.63) is 0 Å². The fraction of sp³-hybridized carbons (Fsp3) is 0.846. The summed E-state index contributed by atoms with van der Waals surface area (Å²) in [5, 5.41) is 9.17. The van der Waals surface area contributed by atoms with Gasteiger partial charge < -0.3 is 19.6 Å². The van der Waals surface area contributed by atoms with Crippen molar-refractivity contribution in [1.82, 2.24) is 14.7 Å². The van der Waals surface area contributed by atoms with Crippen LogP contribution in [-0.2, 0) is 9.53 Å². The minimum absolute atomic E-state index is 0.0802. The molecule has 2 aliphatic rings. The predicted molar refractivity (Wildman–Crippen MR) is 72.6 cm³/mol. The summed E-state index contributed by atoms with van der Waals surface area (Å²) in [5.74, 6) is -0.998. The zero-order chi connectivity index (χ0) is 14.5. The lowest BCUT2D eigenvalue weighted by atomic mass is 10.2. The molecular formula is C13H23N3O4. The SMILES string of the molecule is CCCN1CCN(C(=O)N2CCOCC2C(=O)O)CC1. The fourth-order valence-corrected chi connectivity index (χ4v) is 2.70. The monoisotopic (exact) mass is 285 g/mol. The first-order valence-electron chi connectivity index (χ1n) is 7.22. The van der Waals surface area contributed by atoms with Gasteiger partial charge in [-0.15, -0.1) is 0 Å². The first-order valence-corrected chi connectivity index (χ1v) is 7.22. The highest BCUT2D eigenvalue weighted by Crippen LogP contribution is 2.13. The first-order chi connectivity index (χ1) is 9.63. The standard InChI is InChI=1S/C13H23N3O4/c1-2-3-14-4-6-15(7-5-14)13(19)16-8-9-20-10-11(16)12(17)18/h11H,2-10H2,1H3,(H,17,18). The Morgan fingerprint density at radius 1 is 1.20 bits per heavy atom. The van der Waals surface area contributed by atoms with Gasteiger partial charge in [0.2, 0.25) is 0 Å². The van der Waals surface area contributed by atoms with Gasteiger partial charge in [0.1, 0.15) is 0 Å². The highest BCUT2D eigenvalue weighted by molar-refractivity contribution is 5.83. The van der Waals surface area contributed by atoms with Crippen LogP contribution in [0.1, 0.15) is 13.3 Å². The summed E-state index contributed by atoms with van der Waals surface area (Å²) < 4.78 is 5.16. The van der Waals surface area contributed by atoms with E-state index < -0.39 is 12.0 Å². The van der Waals surface area contributed by atoms with Crippen LogP contribution in [0.15, 0.2) is 0 Å². The average molecular weight is 285 g/mol. The number of carboxylic acids is 1. The normalized spacial score (nSPS) is 24.8. The molecule has 0 bridgehead atoms. The number of hydrogen-bond donors (Lipinski definition) is 1. The van der Waals surface area contributed by atoms with Crippen LogP contribution in [0.5, 0.6) is 0 Å². The van der Waals surface area contributed by atoms with E-state index in [1.807, 2.05) is 0 Å². The van der Waals surface area contributed by atoms with Crippen LogP contribution < -0.4 is 0 Å². The smallest absolute Gasteiger partial charge is 0.328 e. The summed E-state index contributed by atoms with van der Waals surface area (Å²) >= 11 is 0. The topological polar surface area (TPSA) is 73.3 Å². The van der Waals surface area contributed by atoms with E-state index in [9.17, 15) is 9.59 Å². The molecule has 2 heterocycles. The third kappa shape index (κ3) is 3.40. The van der Waals surface area contributed by atoms with Crippen LogP contribution in [0.4, 0.5) is 4.79 Å². The van der Waals surface area contributed by atoms with Gasteiger partial charge in [0.25, 0.3) is 0 Å². The number of nitrogens with zero attached hydrogens (tertiary/aromatic N) is 3. The van der Waals surface area contributed by atoms with Crippen LogP contribution in [0, 0.1) is 0 Å². The molecule has 0 radical (unpaired) electrons. The third-order valence-electron chi connectivity index (χ3n) is 3.84. The Labute approximate surface area is 119 Å². The van der Waals surface area contributed by atoms with Gasteiger partial charge >= 0.3 is 12.0 Å². The second kappa shape index (κ2) is 6.90. The van der Waals surface area contributed by atoms with E-state index in [0.717, 1.165) is 26.1 Å². The minimum atomic E-state index is -0.998. The maximum absolute atomic E-state index is 12.4. The van der Waals surface area contributed by atoms with Crippen molar-refractivity contribution < 1.29 is 19.4 Å². The van der Waals surface area contributed by atoms with Crippen LogP contribution in [0.2, 0.25) is 0 Å². The molecule has 0 saturated carbocycles. The fourth-order valence-electron chi connectivity index (χ4n) is 2.70. The van der Waals surface area contributed by atoms with E-state index in [-0.39, 0.29) is 12.6 Å². The number of ether oxygens (including phenoxy) is 1. The molecule has 0 aliphatic carbocycles. The maximum atomic E-state index is 12.4. The summed E-state index contributed by atoms with van der Waals surface area (Å²) in [4.78, 5) is 29.2. The van der Waals surface area contributed by atoms with E-state index in [2.05, 4.69) is 11.8 Å². The number of aliphatic carboxylic acids is 1. The van der Waals surface area contributed by atoms with Crippen molar-refractivity contribution in [3.63, 3.8) is 0 Å². The van der Waals surface area contributed by atoms with Crippen molar-refractivity contribution in [2.45, 2.75) is 19.4 Å².